The lowest BCUT2D eigenvalue weighted by Crippen LogP contribution is -2.36. The van der Waals surface area contributed by atoms with E-state index in [2.05, 4.69) is 5.32 Å². The molecule has 0 spiro atoms. The molecule has 2 aromatic rings. The molecule has 31 heavy (non-hydrogen) atoms. The van der Waals surface area contributed by atoms with Gasteiger partial charge in [-0.15, -0.1) is 0 Å². The van der Waals surface area contributed by atoms with E-state index in [1.165, 1.54) is 18.2 Å². The Bertz CT molecular complexity index is 1090. The number of ether oxygens (including phenoxy) is 1. The molecule has 0 unspecified atom stereocenters. The van der Waals surface area contributed by atoms with Gasteiger partial charge in [-0.1, -0.05) is 35.3 Å². The number of benzene rings is 2. The van der Waals surface area contributed by atoms with Gasteiger partial charge in [0.15, 0.2) is 0 Å². The number of thioether (sulfide) groups is 1. The molecule has 1 aliphatic rings. The maximum Gasteiger partial charge on any atom is 0.339 e. The van der Waals surface area contributed by atoms with Crippen molar-refractivity contribution < 1.29 is 23.9 Å². The van der Waals surface area contributed by atoms with Gasteiger partial charge in [0.05, 0.1) is 22.1 Å². The van der Waals surface area contributed by atoms with E-state index in [0.717, 1.165) is 16.7 Å². The summed E-state index contributed by atoms with van der Waals surface area (Å²) in [5.41, 5.74) is 1.08. The van der Waals surface area contributed by atoms with Crippen LogP contribution in [0.1, 0.15) is 22.8 Å². The van der Waals surface area contributed by atoms with Crippen molar-refractivity contribution in [3.05, 3.63) is 68.5 Å². The molecule has 0 aromatic heterocycles. The van der Waals surface area contributed by atoms with Crippen LogP contribution in [0.3, 0.4) is 0 Å². The predicted octanol–water partition coefficient (Wildman–Crippen LogP) is 4.85. The van der Waals surface area contributed by atoms with E-state index in [-0.39, 0.29) is 27.8 Å². The van der Waals surface area contributed by atoms with Crippen LogP contribution in [0.2, 0.25) is 10.0 Å². The summed E-state index contributed by atoms with van der Waals surface area (Å²) in [6.45, 7) is 1.36. The largest absolute Gasteiger partial charge is 0.462 e. The van der Waals surface area contributed by atoms with Gasteiger partial charge in [-0.05, 0) is 60.7 Å². The smallest absolute Gasteiger partial charge is 0.339 e. The normalized spacial score (nSPS) is 14.8. The summed E-state index contributed by atoms with van der Waals surface area (Å²) >= 11 is 12.6. The van der Waals surface area contributed by atoms with Crippen molar-refractivity contribution in [3.8, 4) is 0 Å². The van der Waals surface area contributed by atoms with Crippen molar-refractivity contribution in [2.24, 2.45) is 0 Å². The molecule has 160 valence electrons. The molecule has 1 saturated heterocycles. The molecular weight excluding hydrogens is 463 g/mol. The standard InChI is InChI=1S/C21H16Cl2N2O5S/c1-2-30-20(28)15-10-14(7-8-16(15)23)24-18(26)11-25-19(27)17(31-21(25)29)9-12-3-5-13(22)6-4-12/h3-10H,2,11H2,1H3,(H,24,26)/b17-9+. The molecule has 0 radical (unpaired) electrons. The lowest BCUT2D eigenvalue weighted by Gasteiger charge is -2.13. The molecule has 1 heterocycles. The topological polar surface area (TPSA) is 92.8 Å². The summed E-state index contributed by atoms with van der Waals surface area (Å²) in [7, 11) is 0. The Kier molecular flexibility index (Phi) is 7.37. The molecule has 0 aliphatic carbocycles. The third-order valence-corrected chi connectivity index (χ3v) is 5.58. The Balaban J connectivity index is 1.68. The lowest BCUT2D eigenvalue weighted by molar-refractivity contribution is -0.127. The van der Waals surface area contributed by atoms with E-state index in [1.54, 1.807) is 37.3 Å². The van der Waals surface area contributed by atoms with Gasteiger partial charge in [0.1, 0.15) is 6.54 Å². The van der Waals surface area contributed by atoms with Crippen LogP contribution in [0, 0.1) is 0 Å². The number of imide groups is 1. The molecule has 3 rings (SSSR count). The Morgan fingerprint density at radius 1 is 1.13 bits per heavy atom. The molecule has 1 fully saturated rings. The lowest BCUT2D eigenvalue weighted by atomic mass is 10.2. The average Bonchev–Trinajstić information content (AvgIpc) is 2.98. The van der Waals surface area contributed by atoms with Gasteiger partial charge in [-0.2, -0.15) is 0 Å². The Labute approximate surface area is 192 Å². The minimum absolute atomic E-state index is 0.0957. The van der Waals surface area contributed by atoms with Crippen LogP contribution in [0.4, 0.5) is 10.5 Å². The second-order valence-electron chi connectivity index (χ2n) is 6.28. The summed E-state index contributed by atoms with van der Waals surface area (Å²) in [6, 6.07) is 11.1. The van der Waals surface area contributed by atoms with Gasteiger partial charge in [0.2, 0.25) is 5.91 Å². The first-order valence-corrected chi connectivity index (χ1v) is 10.6. The van der Waals surface area contributed by atoms with Crippen molar-refractivity contribution >= 4 is 69.8 Å². The predicted molar refractivity (Wildman–Crippen MR) is 120 cm³/mol. The molecule has 7 nitrogen and oxygen atoms in total. The van der Waals surface area contributed by atoms with Gasteiger partial charge in [0.25, 0.3) is 11.1 Å². The molecule has 0 atom stereocenters. The zero-order chi connectivity index (χ0) is 22.5. The first-order valence-electron chi connectivity index (χ1n) is 9.06. The molecular formula is C21H16Cl2N2O5S. The molecule has 1 N–H and O–H groups in total. The van der Waals surface area contributed by atoms with Crippen LogP contribution in [0.5, 0.6) is 0 Å². The highest BCUT2D eigenvalue weighted by atomic mass is 35.5. The second-order valence-corrected chi connectivity index (χ2v) is 8.12. The fourth-order valence-corrected chi connectivity index (χ4v) is 3.82. The number of rotatable bonds is 6. The van der Waals surface area contributed by atoms with E-state index >= 15 is 0 Å². The minimum Gasteiger partial charge on any atom is -0.462 e. The molecule has 3 amide bonds. The van der Waals surface area contributed by atoms with Crippen molar-refractivity contribution in [2.75, 3.05) is 18.5 Å². The number of carbonyl (C=O) groups excluding carboxylic acids is 4. The summed E-state index contributed by atoms with van der Waals surface area (Å²) in [5.74, 6) is -1.79. The van der Waals surface area contributed by atoms with Crippen LogP contribution in [-0.4, -0.2) is 41.1 Å². The van der Waals surface area contributed by atoms with Crippen molar-refractivity contribution in [3.63, 3.8) is 0 Å². The summed E-state index contributed by atoms with van der Waals surface area (Å²) in [6.07, 6.45) is 1.56. The van der Waals surface area contributed by atoms with Crippen molar-refractivity contribution in [2.45, 2.75) is 6.92 Å². The van der Waals surface area contributed by atoms with E-state index in [4.69, 9.17) is 27.9 Å². The summed E-state index contributed by atoms with van der Waals surface area (Å²) in [4.78, 5) is 50.2. The van der Waals surface area contributed by atoms with Crippen molar-refractivity contribution in [1.29, 1.82) is 0 Å². The third-order valence-electron chi connectivity index (χ3n) is 4.09. The monoisotopic (exact) mass is 478 g/mol. The Hall–Kier alpha value is -2.81. The van der Waals surface area contributed by atoms with Crippen LogP contribution in [0.15, 0.2) is 47.4 Å². The number of nitrogens with zero attached hydrogens (tertiary/aromatic N) is 1. The van der Waals surface area contributed by atoms with E-state index in [1.807, 2.05) is 0 Å². The minimum atomic E-state index is -0.623. The Morgan fingerprint density at radius 2 is 1.84 bits per heavy atom. The number of hydrogen-bond donors (Lipinski definition) is 1. The number of carbonyl (C=O) groups is 4. The van der Waals surface area contributed by atoms with Gasteiger partial charge < -0.3 is 10.1 Å². The number of nitrogens with one attached hydrogen (secondary N) is 1. The van der Waals surface area contributed by atoms with Crippen LogP contribution >= 0.6 is 35.0 Å². The highest BCUT2D eigenvalue weighted by Gasteiger charge is 2.36. The Morgan fingerprint density at radius 3 is 2.52 bits per heavy atom. The van der Waals surface area contributed by atoms with Gasteiger partial charge in [-0.3, -0.25) is 19.3 Å². The van der Waals surface area contributed by atoms with Crippen LogP contribution in [0.25, 0.3) is 6.08 Å². The van der Waals surface area contributed by atoms with Gasteiger partial charge in [-0.25, -0.2) is 4.79 Å². The number of anilines is 1. The van der Waals surface area contributed by atoms with Crippen LogP contribution in [-0.2, 0) is 14.3 Å². The van der Waals surface area contributed by atoms with Crippen LogP contribution < -0.4 is 5.32 Å². The van der Waals surface area contributed by atoms with Crippen molar-refractivity contribution in [1.82, 2.24) is 4.90 Å². The molecule has 0 saturated carbocycles. The number of amides is 3. The molecule has 2 aromatic carbocycles. The molecule has 0 bridgehead atoms. The summed E-state index contributed by atoms with van der Waals surface area (Å²) < 4.78 is 4.92. The highest BCUT2D eigenvalue weighted by Crippen LogP contribution is 2.32. The van der Waals surface area contributed by atoms with Gasteiger partial charge in [0, 0.05) is 10.7 Å². The quantitative estimate of drug-likeness (QED) is 0.471. The average molecular weight is 479 g/mol. The fourth-order valence-electron chi connectivity index (χ4n) is 2.66. The van der Waals surface area contributed by atoms with Gasteiger partial charge >= 0.3 is 5.97 Å². The van der Waals surface area contributed by atoms with E-state index < -0.39 is 29.6 Å². The first kappa shape index (κ1) is 22.9. The number of halogens is 2. The van der Waals surface area contributed by atoms with E-state index in [9.17, 15) is 19.2 Å². The fraction of sp³-hybridized carbons (Fsp3) is 0.143. The zero-order valence-corrected chi connectivity index (χ0v) is 18.5. The SMILES string of the molecule is CCOC(=O)c1cc(NC(=O)CN2C(=O)S/C(=C/c3ccc(Cl)cc3)C2=O)ccc1Cl. The third kappa shape index (κ3) is 5.66. The molecule has 10 heteroatoms. The highest BCUT2D eigenvalue weighted by molar-refractivity contribution is 8.18. The van der Waals surface area contributed by atoms with E-state index in [0.29, 0.717) is 10.6 Å². The maximum atomic E-state index is 12.6. The second kappa shape index (κ2) is 10.00. The maximum absolute atomic E-state index is 12.6. The number of hydrogen-bond acceptors (Lipinski definition) is 6. The first-order chi connectivity index (χ1) is 14.8. The zero-order valence-electron chi connectivity index (χ0n) is 16.2. The number of esters is 1. The molecule has 1 aliphatic heterocycles. The summed E-state index contributed by atoms with van der Waals surface area (Å²) in [5, 5.41) is 2.73.